The van der Waals surface area contributed by atoms with E-state index < -0.39 is 11.7 Å². The molecule has 1 atom stereocenters. The first kappa shape index (κ1) is 8.78. The molecule has 0 spiro atoms. The Balaban J connectivity index is 3.71. The highest BCUT2D eigenvalue weighted by Crippen LogP contribution is 2.16. The van der Waals surface area contributed by atoms with Crippen molar-refractivity contribution in [2.75, 3.05) is 0 Å². The SMILES string of the molecule is OC(Cl)C=CC(F)(F)F. The Morgan fingerprint density at radius 2 is 1.89 bits per heavy atom. The Labute approximate surface area is 54.7 Å². The van der Waals surface area contributed by atoms with Gasteiger partial charge in [0.2, 0.25) is 0 Å². The standard InChI is InChI=1S/C4H4ClF3O/c5-3(9)1-2-4(6,7)8/h1-3,9H. The van der Waals surface area contributed by atoms with Crippen LogP contribution in [0.25, 0.3) is 0 Å². The molecule has 0 bridgehead atoms. The summed E-state index contributed by atoms with van der Waals surface area (Å²) in [6, 6.07) is 0. The van der Waals surface area contributed by atoms with Gasteiger partial charge < -0.3 is 5.11 Å². The zero-order valence-electron chi connectivity index (χ0n) is 4.19. The van der Waals surface area contributed by atoms with E-state index >= 15 is 0 Å². The summed E-state index contributed by atoms with van der Waals surface area (Å²) >= 11 is 4.75. The monoisotopic (exact) mass is 160 g/mol. The lowest BCUT2D eigenvalue weighted by atomic mass is 10.5. The quantitative estimate of drug-likeness (QED) is 0.457. The first-order chi connectivity index (χ1) is 3.92. The number of halogens is 4. The smallest absolute Gasteiger partial charge is 0.374 e. The molecule has 1 nitrogen and oxygen atoms in total. The van der Waals surface area contributed by atoms with Crippen LogP contribution < -0.4 is 0 Å². The van der Waals surface area contributed by atoms with Gasteiger partial charge in [0.15, 0.2) is 0 Å². The van der Waals surface area contributed by atoms with Crippen LogP contribution in [0.3, 0.4) is 0 Å². The van der Waals surface area contributed by atoms with Crippen molar-refractivity contribution in [3.8, 4) is 0 Å². The van der Waals surface area contributed by atoms with Crippen LogP contribution in [0.2, 0.25) is 0 Å². The van der Waals surface area contributed by atoms with E-state index in [2.05, 4.69) is 0 Å². The number of allylic oxidation sites excluding steroid dienone is 1. The normalized spacial score (nSPS) is 16.6. The molecule has 0 rings (SSSR count). The number of rotatable bonds is 1. The maximum atomic E-state index is 11.2. The lowest BCUT2D eigenvalue weighted by molar-refractivity contribution is -0.0803. The highest BCUT2D eigenvalue weighted by atomic mass is 35.5. The molecule has 0 amide bonds. The van der Waals surface area contributed by atoms with Crippen LogP contribution in [0.4, 0.5) is 13.2 Å². The summed E-state index contributed by atoms with van der Waals surface area (Å²) in [7, 11) is 0. The third kappa shape index (κ3) is 7.78. The topological polar surface area (TPSA) is 20.2 Å². The largest absolute Gasteiger partial charge is 0.409 e. The highest BCUT2D eigenvalue weighted by molar-refractivity contribution is 6.20. The Kier molecular flexibility index (Phi) is 3.00. The van der Waals surface area contributed by atoms with Crippen LogP contribution in [0.1, 0.15) is 0 Å². The molecule has 0 aliphatic carbocycles. The van der Waals surface area contributed by atoms with Crippen molar-refractivity contribution >= 4 is 11.6 Å². The summed E-state index contributed by atoms with van der Waals surface area (Å²) in [4.78, 5) is 0. The van der Waals surface area contributed by atoms with Crippen molar-refractivity contribution in [3.05, 3.63) is 12.2 Å². The first-order valence-corrected chi connectivity index (χ1v) is 2.44. The second-order valence-corrected chi connectivity index (χ2v) is 1.72. The van der Waals surface area contributed by atoms with E-state index in [1.165, 1.54) is 0 Å². The van der Waals surface area contributed by atoms with Crippen LogP contribution in [0.5, 0.6) is 0 Å². The van der Waals surface area contributed by atoms with Gasteiger partial charge in [-0.2, -0.15) is 13.2 Å². The molecule has 0 heterocycles. The van der Waals surface area contributed by atoms with E-state index in [-0.39, 0.29) is 6.08 Å². The van der Waals surface area contributed by atoms with Crippen molar-refractivity contribution in [1.82, 2.24) is 0 Å². The maximum absolute atomic E-state index is 11.2. The number of alkyl halides is 4. The second kappa shape index (κ2) is 3.08. The lowest BCUT2D eigenvalue weighted by Crippen LogP contribution is -2.02. The first-order valence-electron chi connectivity index (χ1n) is 2.00. The van der Waals surface area contributed by atoms with E-state index in [0.717, 1.165) is 0 Å². The molecule has 0 aliphatic rings. The minimum atomic E-state index is -4.39. The van der Waals surface area contributed by atoms with Gasteiger partial charge in [0.1, 0.15) is 5.56 Å². The second-order valence-electron chi connectivity index (χ2n) is 1.27. The fraction of sp³-hybridized carbons (Fsp3) is 0.500. The number of aliphatic hydroxyl groups excluding tert-OH is 1. The Morgan fingerprint density at radius 3 is 2.00 bits per heavy atom. The molecule has 54 valence electrons. The van der Waals surface area contributed by atoms with Crippen molar-refractivity contribution in [2.45, 2.75) is 11.7 Å². The van der Waals surface area contributed by atoms with E-state index in [9.17, 15) is 13.2 Å². The molecule has 0 aliphatic heterocycles. The molecular formula is C4H4ClF3O. The zero-order valence-corrected chi connectivity index (χ0v) is 4.95. The van der Waals surface area contributed by atoms with E-state index in [1.807, 2.05) is 0 Å². The van der Waals surface area contributed by atoms with Gasteiger partial charge in [0.05, 0.1) is 0 Å². The fourth-order valence-electron chi connectivity index (χ4n) is 0.189. The molecule has 9 heavy (non-hydrogen) atoms. The van der Waals surface area contributed by atoms with Gasteiger partial charge in [-0.1, -0.05) is 11.6 Å². The summed E-state index contributed by atoms with van der Waals surface area (Å²) < 4.78 is 33.5. The molecule has 0 fully saturated rings. The molecule has 0 saturated carbocycles. The molecule has 0 aromatic carbocycles. The van der Waals surface area contributed by atoms with Gasteiger partial charge in [-0.05, 0) is 6.08 Å². The lowest BCUT2D eigenvalue weighted by Gasteiger charge is -1.96. The van der Waals surface area contributed by atoms with Gasteiger partial charge >= 0.3 is 6.18 Å². The van der Waals surface area contributed by atoms with Crippen molar-refractivity contribution in [3.63, 3.8) is 0 Å². The van der Waals surface area contributed by atoms with E-state index in [4.69, 9.17) is 16.7 Å². The fourth-order valence-corrected chi connectivity index (χ4v) is 0.261. The summed E-state index contributed by atoms with van der Waals surface area (Å²) in [6.07, 6.45) is -4.07. The molecular weight excluding hydrogens is 156 g/mol. The number of aliphatic hydroxyl groups is 1. The zero-order chi connectivity index (χ0) is 7.49. The Morgan fingerprint density at radius 1 is 1.44 bits per heavy atom. The minimum absolute atomic E-state index is 0.120. The number of hydrogen-bond donors (Lipinski definition) is 1. The third-order valence-corrected chi connectivity index (χ3v) is 0.589. The summed E-state index contributed by atoms with van der Waals surface area (Å²) in [5.74, 6) is 0. The molecule has 5 heteroatoms. The highest BCUT2D eigenvalue weighted by Gasteiger charge is 2.21. The van der Waals surface area contributed by atoms with Crippen molar-refractivity contribution in [2.24, 2.45) is 0 Å². The number of hydrogen-bond acceptors (Lipinski definition) is 1. The van der Waals surface area contributed by atoms with Gasteiger partial charge in [-0.15, -0.1) is 0 Å². The maximum Gasteiger partial charge on any atom is 0.409 e. The third-order valence-electron chi connectivity index (χ3n) is 0.444. The molecule has 0 aromatic heterocycles. The van der Waals surface area contributed by atoms with Crippen LogP contribution in [0.15, 0.2) is 12.2 Å². The van der Waals surface area contributed by atoms with Gasteiger partial charge in [0, 0.05) is 6.08 Å². The summed E-state index contributed by atoms with van der Waals surface area (Å²) in [5.41, 5.74) is -1.56. The summed E-state index contributed by atoms with van der Waals surface area (Å²) in [5, 5.41) is 8.09. The molecule has 1 unspecified atom stereocenters. The molecule has 1 N–H and O–H groups in total. The molecule has 0 radical (unpaired) electrons. The van der Waals surface area contributed by atoms with Crippen LogP contribution >= 0.6 is 11.6 Å². The minimum Gasteiger partial charge on any atom is -0.374 e. The Bertz CT molecular complexity index is 107. The molecule has 0 saturated heterocycles. The van der Waals surface area contributed by atoms with E-state index in [1.54, 1.807) is 0 Å². The van der Waals surface area contributed by atoms with Crippen LogP contribution in [-0.2, 0) is 0 Å². The van der Waals surface area contributed by atoms with Crippen molar-refractivity contribution in [1.29, 1.82) is 0 Å². The van der Waals surface area contributed by atoms with Gasteiger partial charge in [0.25, 0.3) is 0 Å². The van der Waals surface area contributed by atoms with Gasteiger partial charge in [-0.25, -0.2) is 0 Å². The van der Waals surface area contributed by atoms with Crippen LogP contribution in [-0.4, -0.2) is 16.8 Å². The van der Waals surface area contributed by atoms with Crippen molar-refractivity contribution < 1.29 is 18.3 Å². The average Bonchev–Trinajstić information content (AvgIpc) is 1.59. The van der Waals surface area contributed by atoms with Gasteiger partial charge in [-0.3, -0.25) is 0 Å². The molecule has 0 aromatic rings. The van der Waals surface area contributed by atoms with Crippen LogP contribution in [0, 0.1) is 0 Å². The summed E-state index contributed by atoms with van der Waals surface area (Å²) in [6.45, 7) is 0. The average molecular weight is 161 g/mol. The predicted molar refractivity (Wildman–Crippen MR) is 27.1 cm³/mol. The Hall–Kier alpha value is -0.220. The van der Waals surface area contributed by atoms with E-state index in [0.29, 0.717) is 6.08 Å². The predicted octanol–water partition coefficient (Wildman–Crippen LogP) is 1.66.